The van der Waals surface area contributed by atoms with Crippen molar-refractivity contribution in [2.24, 2.45) is 11.8 Å². The van der Waals surface area contributed by atoms with Gasteiger partial charge in [0.1, 0.15) is 24.6 Å². The Bertz CT molecular complexity index is 829. The molecule has 2 aromatic heterocycles. The second-order valence-corrected chi connectivity index (χ2v) is 7.89. The van der Waals surface area contributed by atoms with Gasteiger partial charge in [0.2, 0.25) is 0 Å². The van der Waals surface area contributed by atoms with Crippen LogP contribution in [0.1, 0.15) is 31.9 Å². The third-order valence-electron chi connectivity index (χ3n) is 6.41. The maximum Gasteiger partial charge on any atom is 0.167 e. The second-order valence-electron chi connectivity index (χ2n) is 7.89. The van der Waals surface area contributed by atoms with Crippen LogP contribution in [0, 0.1) is 11.8 Å². The van der Waals surface area contributed by atoms with Gasteiger partial charge in [0, 0.05) is 13.2 Å². The Morgan fingerprint density at radius 1 is 1.26 bits per heavy atom. The van der Waals surface area contributed by atoms with Crippen LogP contribution in [-0.4, -0.2) is 67.8 Å². The van der Waals surface area contributed by atoms with Gasteiger partial charge in [-0.2, -0.15) is 0 Å². The molecule has 2 aromatic rings. The number of imidazole rings is 1. The molecule has 0 radical (unpaired) electrons. The van der Waals surface area contributed by atoms with Crippen molar-refractivity contribution >= 4 is 17.0 Å². The van der Waals surface area contributed by atoms with Gasteiger partial charge in [0.05, 0.1) is 12.9 Å². The van der Waals surface area contributed by atoms with Crippen LogP contribution in [0.15, 0.2) is 12.7 Å². The number of nitrogens with one attached hydrogen (secondary N) is 1. The summed E-state index contributed by atoms with van der Waals surface area (Å²) in [5, 5.41) is 24.2. The number of aliphatic hydroxyl groups is 2. The lowest BCUT2D eigenvalue weighted by Gasteiger charge is -2.41. The van der Waals surface area contributed by atoms with Gasteiger partial charge in [0.25, 0.3) is 0 Å². The molecule has 3 N–H and O–H groups in total. The van der Waals surface area contributed by atoms with Gasteiger partial charge in [-0.3, -0.25) is 4.57 Å². The standard InChI is InChI=1S/C18H25N5O4/c1-26-6-12-14(24)15(25)18(27-12)23-8-21-13-16(19-7-20-17(13)23)22-11-5-9-3-2-4-10(9)11/h7-12,14-15,18,24-25H,2-6H2,1H3,(H,19,20,22)/t9-,10?,11+,12-,14-,15-,18-/m1/s1. The highest BCUT2D eigenvalue weighted by Crippen LogP contribution is 2.48. The average Bonchev–Trinajstić information content (AvgIpc) is 3.32. The van der Waals surface area contributed by atoms with E-state index in [1.807, 2.05) is 0 Å². The Morgan fingerprint density at radius 3 is 2.96 bits per heavy atom. The van der Waals surface area contributed by atoms with E-state index in [9.17, 15) is 10.2 Å². The zero-order valence-electron chi connectivity index (χ0n) is 15.2. The third-order valence-corrected chi connectivity index (χ3v) is 6.41. The van der Waals surface area contributed by atoms with Crippen LogP contribution < -0.4 is 5.32 Å². The molecule has 9 heteroatoms. The van der Waals surface area contributed by atoms with E-state index in [1.165, 1.54) is 39.1 Å². The van der Waals surface area contributed by atoms with Gasteiger partial charge in [-0.25, -0.2) is 15.0 Å². The van der Waals surface area contributed by atoms with E-state index in [1.54, 1.807) is 10.9 Å². The van der Waals surface area contributed by atoms with E-state index in [2.05, 4.69) is 20.3 Å². The van der Waals surface area contributed by atoms with Crippen molar-refractivity contribution in [3.8, 4) is 0 Å². The van der Waals surface area contributed by atoms with E-state index in [-0.39, 0.29) is 6.61 Å². The molecule has 2 aliphatic carbocycles. The van der Waals surface area contributed by atoms with Crippen molar-refractivity contribution in [3.05, 3.63) is 12.7 Å². The fraction of sp³-hybridized carbons (Fsp3) is 0.722. The van der Waals surface area contributed by atoms with Crippen LogP contribution in [-0.2, 0) is 9.47 Å². The average molecular weight is 375 g/mol. The van der Waals surface area contributed by atoms with E-state index in [4.69, 9.17) is 9.47 Å². The Hall–Kier alpha value is -1.81. The fourth-order valence-corrected chi connectivity index (χ4v) is 4.94. The van der Waals surface area contributed by atoms with Crippen LogP contribution in [0.2, 0.25) is 0 Å². The number of hydrogen-bond donors (Lipinski definition) is 3. The molecule has 2 saturated carbocycles. The van der Waals surface area contributed by atoms with Crippen LogP contribution >= 0.6 is 0 Å². The summed E-state index contributed by atoms with van der Waals surface area (Å²) in [6.45, 7) is 0.202. The molecule has 5 rings (SSSR count). The molecule has 0 spiro atoms. The Balaban J connectivity index is 1.40. The molecule has 146 valence electrons. The number of fused-ring (bicyclic) bond motifs is 2. The van der Waals surface area contributed by atoms with Gasteiger partial charge < -0.3 is 25.0 Å². The van der Waals surface area contributed by atoms with E-state index >= 15 is 0 Å². The fourth-order valence-electron chi connectivity index (χ4n) is 4.94. The molecule has 0 aromatic carbocycles. The maximum atomic E-state index is 10.4. The first-order chi connectivity index (χ1) is 13.2. The molecule has 7 atom stereocenters. The molecule has 27 heavy (non-hydrogen) atoms. The highest BCUT2D eigenvalue weighted by Gasteiger charge is 2.45. The summed E-state index contributed by atoms with van der Waals surface area (Å²) in [7, 11) is 1.53. The smallest absolute Gasteiger partial charge is 0.167 e. The second kappa shape index (κ2) is 6.66. The number of aliphatic hydroxyl groups excluding tert-OH is 2. The lowest BCUT2D eigenvalue weighted by Crippen LogP contribution is -2.43. The monoisotopic (exact) mass is 375 g/mol. The first kappa shape index (κ1) is 17.3. The molecular formula is C18H25N5O4. The number of methoxy groups -OCH3 is 1. The zero-order chi connectivity index (χ0) is 18.5. The van der Waals surface area contributed by atoms with Gasteiger partial charge in [-0.15, -0.1) is 0 Å². The first-order valence-electron chi connectivity index (χ1n) is 9.62. The third kappa shape index (κ3) is 2.72. The van der Waals surface area contributed by atoms with Crippen molar-refractivity contribution in [1.82, 2.24) is 19.5 Å². The quantitative estimate of drug-likeness (QED) is 0.699. The predicted octanol–water partition coefficient (Wildman–Crippen LogP) is 0.692. The van der Waals surface area contributed by atoms with Crippen molar-refractivity contribution < 1.29 is 19.7 Å². The zero-order valence-corrected chi connectivity index (χ0v) is 15.2. The normalized spacial score (nSPS) is 38.1. The molecule has 0 amide bonds. The highest BCUT2D eigenvalue weighted by molar-refractivity contribution is 5.83. The lowest BCUT2D eigenvalue weighted by molar-refractivity contribution is -0.0580. The van der Waals surface area contributed by atoms with Crippen LogP contribution in [0.3, 0.4) is 0 Å². The summed E-state index contributed by atoms with van der Waals surface area (Å²) < 4.78 is 12.5. The number of hydrogen-bond acceptors (Lipinski definition) is 8. The molecule has 1 aliphatic heterocycles. The van der Waals surface area contributed by atoms with Crippen molar-refractivity contribution in [2.45, 2.75) is 56.3 Å². The molecule has 0 bridgehead atoms. The number of rotatable bonds is 5. The van der Waals surface area contributed by atoms with Gasteiger partial charge >= 0.3 is 0 Å². The predicted molar refractivity (Wildman–Crippen MR) is 96.0 cm³/mol. The van der Waals surface area contributed by atoms with Crippen LogP contribution in [0.4, 0.5) is 5.82 Å². The SMILES string of the molecule is COC[C@H]1O[C@@H](n2cnc3c(N[C@H]4C[C@H]5CCCC54)ncnc32)[C@H](O)[C@@H]1O. The molecular weight excluding hydrogens is 350 g/mol. The molecule has 3 aliphatic rings. The molecule has 3 fully saturated rings. The largest absolute Gasteiger partial charge is 0.387 e. The minimum Gasteiger partial charge on any atom is -0.387 e. The molecule has 1 saturated heterocycles. The summed E-state index contributed by atoms with van der Waals surface area (Å²) in [6, 6.07) is 0.446. The summed E-state index contributed by atoms with van der Waals surface area (Å²) in [6.07, 6.45) is 4.75. The van der Waals surface area contributed by atoms with Crippen molar-refractivity contribution in [2.75, 3.05) is 19.0 Å². The topological polar surface area (TPSA) is 115 Å². The van der Waals surface area contributed by atoms with E-state index in [0.717, 1.165) is 17.7 Å². The number of ether oxygens (including phenoxy) is 2. The van der Waals surface area contributed by atoms with E-state index < -0.39 is 24.5 Å². The number of nitrogens with zero attached hydrogens (tertiary/aromatic N) is 4. The van der Waals surface area contributed by atoms with E-state index in [0.29, 0.717) is 17.2 Å². The minimum atomic E-state index is -1.08. The van der Waals surface area contributed by atoms with Crippen LogP contribution in [0.25, 0.3) is 11.2 Å². The Labute approximate surface area is 156 Å². The highest BCUT2D eigenvalue weighted by atomic mass is 16.6. The van der Waals surface area contributed by atoms with Gasteiger partial charge in [-0.05, 0) is 24.7 Å². The number of anilines is 1. The van der Waals surface area contributed by atoms with Crippen molar-refractivity contribution in [3.63, 3.8) is 0 Å². The summed E-state index contributed by atoms with van der Waals surface area (Å²) >= 11 is 0. The first-order valence-corrected chi connectivity index (χ1v) is 9.62. The van der Waals surface area contributed by atoms with Crippen molar-refractivity contribution in [1.29, 1.82) is 0 Å². The van der Waals surface area contributed by atoms with Crippen LogP contribution in [0.5, 0.6) is 0 Å². The Morgan fingerprint density at radius 2 is 2.15 bits per heavy atom. The van der Waals surface area contributed by atoms with Gasteiger partial charge in [-0.1, -0.05) is 12.8 Å². The molecule has 9 nitrogen and oxygen atoms in total. The molecule has 3 heterocycles. The summed E-state index contributed by atoms with van der Waals surface area (Å²) in [4.78, 5) is 13.2. The summed E-state index contributed by atoms with van der Waals surface area (Å²) in [5.74, 6) is 2.32. The summed E-state index contributed by atoms with van der Waals surface area (Å²) in [5.41, 5.74) is 1.23. The lowest BCUT2D eigenvalue weighted by atomic mass is 9.71. The molecule has 1 unspecified atom stereocenters. The Kier molecular flexibility index (Phi) is 4.27. The minimum absolute atomic E-state index is 0.202. The maximum absolute atomic E-state index is 10.4. The number of aromatic nitrogens is 4. The van der Waals surface area contributed by atoms with Gasteiger partial charge in [0.15, 0.2) is 23.2 Å².